The summed E-state index contributed by atoms with van der Waals surface area (Å²) in [5, 5.41) is 11.2. The minimum Gasteiger partial charge on any atom is -0.507 e. The van der Waals surface area contributed by atoms with Gasteiger partial charge < -0.3 is 9.67 Å². The summed E-state index contributed by atoms with van der Waals surface area (Å²) in [6.45, 7) is 3.31. The molecule has 0 aliphatic heterocycles. The van der Waals surface area contributed by atoms with Gasteiger partial charge in [0.05, 0.1) is 17.5 Å². The number of hydrogen-bond acceptors (Lipinski definition) is 4. The van der Waals surface area contributed by atoms with Crippen molar-refractivity contribution in [3.05, 3.63) is 101 Å². The van der Waals surface area contributed by atoms with E-state index in [0.717, 1.165) is 16.9 Å². The van der Waals surface area contributed by atoms with Gasteiger partial charge in [-0.2, -0.15) is 0 Å². The van der Waals surface area contributed by atoms with Crippen molar-refractivity contribution in [2.45, 2.75) is 20.3 Å². The zero-order chi connectivity index (χ0) is 23.5. The highest BCUT2D eigenvalue weighted by Gasteiger charge is 2.23. The second-order valence-electron chi connectivity index (χ2n) is 7.88. The van der Waals surface area contributed by atoms with Gasteiger partial charge in [-0.1, -0.05) is 54.6 Å². The largest absolute Gasteiger partial charge is 0.507 e. The number of carbonyl (C=O) groups is 3. The van der Waals surface area contributed by atoms with Crippen molar-refractivity contribution < 1.29 is 19.5 Å². The summed E-state index contributed by atoms with van der Waals surface area (Å²) in [6.07, 6.45) is 2.65. The van der Waals surface area contributed by atoms with Crippen molar-refractivity contribution in [1.82, 2.24) is 4.57 Å². The van der Waals surface area contributed by atoms with E-state index in [1.54, 1.807) is 12.1 Å². The topological polar surface area (TPSA) is 76.4 Å². The normalized spacial score (nSPS) is 11.2. The Hall–Kier alpha value is -4.25. The van der Waals surface area contributed by atoms with Crippen molar-refractivity contribution in [2.75, 3.05) is 0 Å². The molecule has 4 rings (SSSR count). The number of carbonyl (C=O) groups excluding carboxylic acids is 3. The molecule has 0 aliphatic carbocycles. The summed E-state index contributed by atoms with van der Waals surface area (Å²) in [4.78, 5) is 37.7. The Morgan fingerprint density at radius 2 is 1.58 bits per heavy atom. The van der Waals surface area contributed by atoms with E-state index >= 15 is 0 Å². The second kappa shape index (κ2) is 9.09. The number of nitrogens with zero attached hydrogens (tertiary/aromatic N) is 1. The molecule has 3 aromatic carbocycles. The van der Waals surface area contributed by atoms with Crippen LogP contribution in [0.1, 0.15) is 45.3 Å². The lowest BCUT2D eigenvalue weighted by atomic mass is 10.0. The van der Waals surface area contributed by atoms with Gasteiger partial charge in [0.1, 0.15) is 5.75 Å². The fourth-order valence-corrected chi connectivity index (χ4v) is 4.09. The first-order valence-electron chi connectivity index (χ1n) is 10.6. The van der Waals surface area contributed by atoms with Gasteiger partial charge in [0.25, 0.3) is 0 Å². The number of phenolic OH excluding ortho intramolecular Hbond substituents is 1. The Labute approximate surface area is 191 Å². The number of fused-ring (bicyclic) bond motifs is 1. The van der Waals surface area contributed by atoms with Gasteiger partial charge in [0, 0.05) is 22.3 Å². The molecule has 164 valence electrons. The van der Waals surface area contributed by atoms with Crippen LogP contribution in [0.25, 0.3) is 22.7 Å². The number of ketones is 3. The average molecular weight is 437 g/mol. The molecule has 0 unspecified atom stereocenters. The molecule has 0 bridgehead atoms. The van der Waals surface area contributed by atoms with Crippen LogP contribution in [0.15, 0.2) is 78.9 Å². The molecule has 0 spiro atoms. The number of rotatable bonds is 7. The third-order valence-corrected chi connectivity index (χ3v) is 5.58. The van der Waals surface area contributed by atoms with Crippen LogP contribution in [0.5, 0.6) is 5.75 Å². The first kappa shape index (κ1) is 22.0. The smallest absolute Gasteiger partial charge is 0.174 e. The van der Waals surface area contributed by atoms with E-state index in [-0.39, 0.29) is 29.3 Å². The number of aromatic hydroxyl groups is 1. The molecule has 33 heavy (non-hydrogen) atoms. The Kier molecular flexibility index (Phi) is 6.05. The quantitative estimate of drug-likeness (QED) is 0.228. The molecule has 5 heteroatoms. The SMILES string of the molecule is CC(=O)c1c(C)n(-c2ccccc2)c2cc(C(=O)CC(=O)/C=C/c3ccccc3)c(O)cc12. The van der Waals surface area contributed by atoms with Crippen LogP contribution in [0.2, 0.25) is 0 Å². The van der Waals surface area contributed by atoms with E-state index < -0.39 is 5.78 Å². The number of aromatic nitrogens is 1. The van der Waals surface area contributed by atoms with Crippen molar-refractivity contribution in [1.29, 1.82) is 0 Å². The molecule has 1 N–H and O–H groups in total. The molecule has 0 atom stereocenters. The standard InChI is InChI=1S/C28H23NO4/c1-18-28(19(2)30)23-17-27(33)24(16-25(23)29(18)21-11-7-4-8-12-21)26(32)15-22(31)14-13-20-9-5-3-6-10-20/h3-14,16-17,33H,15H2,1-2H3/b14-13+. The molecule has 1 heterocycles. The lowest BCUT2D eigenvalue weighted by molar-refractivity contribution is -0.113. The summed E-state index contributed by atoms with van der Waals surface area (Å²) in [5.41, 5.74) is 3.57. The molecule has 4 aromatic rings. The van der Waals surface area contributed by atoms with Gasteiger partial charge >= 0.3 is 0 Å². The number of benzene rings is 3. The Morgan fingerprint density at radius 1 is 0.939 bits per heavy atom. The molecule has 0 radical (unpaired) electrons. The Balaban J connectivity index is 1.73. The van der Waals surface area contributed by atoms with Crippen LogP contribution in [0.3, 0.4) is 0 Å². The Bertz CT molecular complexity index is 1400. The lowest BCUT2D eigenvalue weighted by Gasteiger charge is -2.10. The lowest BCUT2D eigenvalue weighted by Crippen LogP contribution is -2.07. The van der Waals surface area contributed by atoms with E-state index in [1.807, 2.05) is 72.2 Å². The fraction of sp³-hybridized carbons (Fsp3) is 0.107. The second-order valence-corrected chi connectivity index (χ2v) is 7.88. The van der Waals surface area contributed by atoms with E-state index in [4.69, 9.17) is 0 Å². The summed E-state index contributed by atoms with van der Waals surface area (Å²) in [7, 11) is 0. The highest BCUT2D eigenvalue weighted by atomic mass is 16.3. The molecule has 0 saturated heterocycles. The van der Waals surface area contributed by atoms with Gasteiger partial charge in [-0.25, -0.2) is 0 Å². The van der Waals surface area contributed by atoms with E-state index in [0.29, 0.717) is 16.5 Å². The summed E-state index contributed by atoms with van der Waals surface area (Å²) < 4.78 is 1.89. The predicted octanol–water partition coefficient (Wildman–Crippen LogP) is 5.70. The zero-order valence-corrected chi connectivity index (χ0v) is 18.4. The molecular weight excluding hydrogens is 414 g/mol. The van der Waals surface area contributed by atoms with Gasteiger partial charge in [0.2, 0.25) is 0 Å². The first-order chi connectivity index (χ1) is 15.9. The Morgan fingerprint density at radius 3 is 2.21 bits per heavy atom. The molecular formula is C28H23NO4. The van der Waals surface area contributed by atoms with Crippen LogP contribution >= 0.6 is 0 Å². The monoisotopic (exact) mass is 437 g/mol. The third-order valence-electron chi connectivity index (χ3n) is 5.58. The molecule has 1 aromatic heterocycles. The minimum absolute atomic E-state index is 0.0498. The van der Waals surface area contributed by atoms with Crippen molar-refractivity contribution in [2.24, 2.45) is 0 Å². The molecule has 0 aliphatic rings. The molecule has 0 fully saturated rings. The maximum Gasteiger partial charge on any atom is 0.174 e. The molecule has 0 saturated carbocycles. The molecule has 5 nitrogen and oxygen atoms in total. The van der Waals surface area contributed by atoms with E-state index in [9.17, 15) is 19.5 Å². The van der Waals surface area contributed by atoms with Crippen LogP contribution in [-0.4, -0.2) is 27.0 Å². The van der Waals surface area contributed by atoms with Gasteiger partial charge in [0.15, 0.2) is 17.3 Å². The first-order valence-corrected chi connectivity index (χ1v) is 10.6. The summed E-state index contributed by atoms with van der Waals surface area (Å²) >= 11 is 0. The van der Waals surface area contributed by atoms with Gasteiger partial charge in [-0.05, 0) is 49.8 Å². The average Bonchev–Trinajstić information content (AvgIpc) is 3.09. The van der Waals surface area contributed by atoms with Crippen molar-refractivity contribution >= 4 is 34.3 Å². The van der Waals surface area contributed by atoms with Crippen molar-refractivity contribution in [3.63, 3.8) is 0 Å². The van der Waals surface area contributed by atoms with E-state index in [1.165, 1.54) is 19.1 Å². The highest BCUT2D eigenvalue weighted by Crippen LogP contribution is 2.34. The zero-order valence-electron chi connectivity index (χ0n) is 18.4. The third kappa shape index (κ3) is 4.39. The number of Topliss-reactive ketones (excluding diaryl/α,β-unsaturated/α-hetero) is 2. The van der Waals surface area contributed by atoms with Crippen LogP contribution in [0, 0.1) is 6.92 Å². The van der Waals surface area contributed by atoms with Gasteiger partial charge in [-0.15, -0.1) is 0 Å². The van der Waals surface area contributed by atoms with Crippen LogP contribution < -0.4 is 0 Å². The number of phenols is 1. The minimum atomic E-state index is -0.486. The number of para-hydroxylation sites is 1. The predicted molar refractivity (Wildman–Crippen MR) is 129 cm³/mol. The van der Waals surface area contributed by atoms with Crippen molar-refractivity contribution in [3.8, 4) is 11.4 Å². The summed E-state index contributed by atoms with van der Waals surface area (Å²) in [6, 6.07) is 21.8. The maximum absolute atomic E-state index is 12.9. The fourth-order valence-electron chi connectivity index (χ4n) is 4.09. The number of hydrogen-bond donors (Lipinski definition) is 1. The molecule has 0 amide bonds. The van der Waals surface area contributed by atoms with Crippen LogP contribution in [-0.2, 0) is 4.79 Å². The van der Waals surface area contributed by atoms with Gasteiger partial charge in [-0.3, -0.25) is 14.4 Å². The van der Waals surface area contributed by atoms with Crippen LogP contribution in [0.4, 0.5) is 0 Å². The maximum atomic E-state index is 12.9. The highest BCUT2D eigenvalue weighted by molar-refractivity contribution is 6.16. The number of allylic oxidation sites excluding steroid dienone is 1. The van der Waals surface area contributed by atoms with E-state index in [2.05, 4.69) is 0 Å². The summed E-state index contributed by atoms with van der Waals surface area (Å²) in [5.74, 6) is -1.23.